The van der Waals surface area contributed by atoms with Crippen molar-refractivity contribution in [2.75, 3.05) is 11.9 Å². The zero-order valence-electron chi connectivity index (χ0n) is 9.56. The molecule has 1 aromatic heterocycles. The van der Waals surface area contributed by atoms with Crippen molar-refractivity contribution in [1.29, 1.82) is 0 Å². The Balaban J connectivity index is 2.76. The molecule has 0 fully saturated rings. The van der Waals surface area contributed by atoms with Crippen LogP contribution in [0.15, 0.2) is 18.3 Å². The number of hydrogen-bond donors (Lipinski definition) is 2. The van der Waals surface area contributed by atoms with Gasteiger partial charge in [0.2, 0.25) is 11.8 Å². The maximum absolute atomic E-state index is 11.6. The molecule has 1 atom stereocenters. The average Bonchev–Trinajstić information content (AvgIpc) is 2.31. The van der Waals surface area contributed by atoms with Gasteiger partial charge in [-0.2, -0.15) is 0 Å². The molecule has 1 rings (SSSR count). The summed E-state index contributed by atoms with van der Waals surface area (Å²) in [5.41, 5.74) is 6.17. The molecule has 0 aromatic carbocycles. The van der Waals surface area contributed by atoms with Gasteiger partial charge in [0.15, 0.2) is 0 Å². The van der Waals surface area contributed by atoms with E-state index in [0.29, 0.717) is 24.6 Å². The number of amides is 1. The molecule has 0 aliphatic heterocycles. The van der Waals surface area contributed by atoms with E-state index in [9.17, 15) is 4.79 Å². The first-order valence-corrected chi connectivity index (χ1v) is 5.33. The standard InChI is InChI=1S/C11H17N3O2/c1-3-8(12)10(15)14-9-6-5-7-13-11(9)16-4-2/h5-8H,3-4,12H2,1-2H3,(H,14,15)/t8-/m1/s1. The first kappa shape index (κ1) is 12.4. The Hall–Kier alpha value is -1.62. The number of pyridine rings is 1. The number of carbonyl (C=O) groups is 1. The monoisotopic (exact) mass is 223 g/mol. The first-order valence-electron chi connectivity index (χ1n) is 5.33. The highest BCUT2D eigenvalue weighted by Gasteiger charge is 2.13. The molecule has 0 saturated carbocycles. The summed E-state index contributed by atoms with van der Waals surface area (Å²) in [6.07, 6.45) is 2.20. The topological polar surface area (TPSA) is 77.2 Å². The lowest BCUT2D eigenvalue weighted by Gasteiger charge is -2.12. The SMILES string of the molecule is CCOc1ncccc1NC(=O)[C@H](N)CC. The van der Waals surface area contributed by atoms with Crippen molar-refractivity contribution in [3.63, 3.8) is 0 Å². The molecule has 0 spiro atoms. The first-order chi connectivity index (χ1) is 7.69. The minimum atomic E-state index is -0.505. The summed E-state index contributed by atoms with van der Waals surface area (Å²) >= 11 is 0. The highest BCUT2D eigenvalue weighted by molar-refractivity contribution is 5.95. The quantitative estimate of drug-likeness (QED) is 0.785. The van der Waals surface area contributed by atoms with Crippen molar-refractivity contribution in [3.8, 4) is 5.88 Å². The summed E-state index contributed by atoms with van der Waals surface area (Å²) in [4.78, 5) is 15.6. The minimum absolute atomic E-state index is 0.226. The van der Waals surface area contributed by atoms with E-state index in [-0.39, 0.29) is 5.91 Å². The highest BCUT2D eigenvalue weighted by Crippen LogP contribution is 2.20. The van der Waals surface area contributed by atoms with Crippen LogP contribution in [0.4, 0.5) is 5.69 Å². The summed E-state index contributed by atoms with van der Waals surface area (Å²) in [5, 5.41) is 2.69. The Bertz CT molecular complexity index is 355. The van der Waals surface area contributed by atoms with Crippen molar-refractivity contribution >= 4 is 11.6 Å². The maximum Gasteiger partial charge on any atom is 0.241 e. The van der Waals surface area contributed by atoms with E-state index in [1.807, 2.05) is 13.8 Å². The summed E-state index contributed by atoms with van der Waals surface area (Å²) in [6, 6.07) is 2.96. The van der Waals surface area contributed by atoms with Crippen molar-refractivity contribution in [2.24, 2.45) is 5.73 Å². The Kier molecular flexibility index (Phi) is 4.72. The number of rotatable bonds is 5. The second kappa shape index (κ2) is 6.07. The van der Waals surface area contributed by atoms with Crippen molar-refractivity contribution in [1.82, 2.24) is 4.98 Å². The molecular formula is C11H17N3O2. The summed E-state index contributed by atoms with van der Waals surface area (Å²) in [5.74, 6) is 0.193. The van der Waals surface area contributed by atoms with E-state index in [1.165, 1.54) is 0 Å². The van der Waals surface area contributed by atoms with Gasteiger partial charge >= 0.3 is 0 Å². The van der Waals surface area contributed by atoms with Gasteiger partial charge in [0, 0.05) is 6.20 Å². The molecule has 0 radical (unpaired) electrons. The van der Waals surface area contributed by atoms with E-state index >= 15 is 0 Å². The van der Waals surface area contributed by atoms with Crippen molar-refractivity contribution in [2.45, 2.75) is 26.3 Å². The van der Waals surface area contributed by atoms with Gasteiger partial charge in [0.1, 0.15) is 5.69 Å². The molecule has 16 heavy (non-hydrogen) atoms. The molecule has 1 heterocycles. The normalized spacial score (nSPS) is 11.9. The van der Waals surface area contributed by atoms with Crippen LogP contribution in [-0.2, 0) is 4.79 Å². The van der Waals surface area contributed by atoms with E-state index in [4.69, 9.17) is 10.5 Å². The van der Waals surface area contributed by atoms with Crippen LogP contribution < -0.4 is 15.8 Å². The molecule has 1 amide bonds. The number of anilines is 1. The minimum Gasteiger partial charge on any atom is -0.476 e. The Morgan fingerprint density at radius 1 is 1.62 bits per heavy atom. The molecule has 5 heteroatoms. The number of aromatic nitrogens is 1. The van der Waals surface area contributed by atoms with Crippen LogP contribution in [0.2, 0.25) is 0 Å². The lowest BCUT2D eigenvalue weighted by molar-refractivity contribution is -0.117. The lowest BCUT2D eigenvalue weighted by Crippen LogP contribution is -2.34. The van der Waals surface area contributed by atoms with Gasteiger partial charge in [0.05, 0.1) is 12.6 Å². The third-order valence-electron chi connectivity index (χ3n) is 2.09. The van der Waals surface area contributed by atoms with Gasteiger partial charge in [-0.1, -0.05) is 6.92 Å². The summed E-state index contributed by atoms with van der Waals surface area (Å²) in [7, 11) is 0. The van der Waals surface area contributed by atoms with Gasteiger partial charge in [-0.05, 0) is 25.5 Å². The fourth-order valence-corrected chi connectivity index (χ4v) is 1.15. The molecule has 3 N–H and O–H groups in total. The van der Waals surface area contributed by atoms with Gasteiger partial charge in [-0.15, -0.1) is 0 Å². The summed E-state index contributed by atoms with van der Waals surface area (Å²) in [6.45, 7) is 4.22. The average molecular weight is 223 g/mol. The third-order valence-corrected chi connectivity index (χ3v) is 2.09. The predicted octanol–water partition coefficient (Wildman–Crippen LogP) is 1.16. The number of nitrogens with one attached hydrogen (secondary N) is 1. The lowest BCUT2D eigenvalue weighted by atomic mass is 10.2. The molecule has 1 aromatic rings. The van der Waals surface area contributed by atoms with Crippen molar-refractivity contribution in [3.05, 3.63) is 18.3 Å². The van der Waals surface area contributed by atoms with E-state index < -0.39 is 6.04 Å². The Morgan fingerprint density at radius 2 is 2.38 bits per heavy atom. The number of nitrogens with zero attached hydrogens (tertiary/aromatic N) is 1. The molecule has 0 unspecified atom stereocenters. The Labute approximate surface area is 95.0 Å². The molecule has 0 aliphatic carbocycles. The number of nitrogens with two attached hydrogens (primary N) is 1. The largest absolute Gasteiger partial charge is 0.476 e. The van der Waals surface area contributed by atoms with Crippen molar-refractivity contribution < 1.29 is 9.53 Å². The number of ether oxygens (including phenoxy) is 1. The molecule has 0 aliphatic rings. The smallest absolute Gasteiger partial charge is 0.241 e. The second-order valence-electron chi connectivity index (χ2n) is 3.29. The Morgan fingerprint density at radius 3 is 3.00 bits per heavy atom. The number of hydrogen-bond acceptors (Lipinski definition) is 4. The zero-order valence-corrected chi connectivity index (χ0v) is 9.56. The third kappa shape index (κ3) is 3.20. The molecular weight excluding hydrogens is 206 g/mol. The van der Waals surface area contributed by atoms with E-state index in [2.05, 4.69) is 10.3 Å². The van der Waals surface area contributed by atoms with Crippen LogP contribution in [-0.4, -0.2) is 23.5 Å². The van der Waals surface area contributed by atoms with Gasteiger partial charge in [0.25, 0.3) is 0 Å². The van der Waals surface area contributed by atoms with Crippen LogP contribution in [0.3, 0.4) is 0 Å². The number of carbonyl (C=O) groups excluding carboxylic acids is 1. The molecule has 0 bridgehead atoms. The van der Waals surface area contributed by atoms with Crippen LogP contribution in [0, 0.1) is 0 Å². The van der Waals surface area contributed by atoms with Gasteiger partial charge in [-0.25, -0.2) is 4.98 Å². The van der Waals surface area contributed by atoms with Crippen LogP contribution in [0.1, 0.15) is 20.3 Å². The predicted molar refractivity (Wildman–Crippen MR) is 62.3 cm³/mol. The van der Waals surface area contributed by atoms with Gasteiger partial charge in [-0.3, -0.25) is 4.79 Å². The van der Waals surface area contributed by atoms with Gasteiger partial charge < -0.3 is 15.8 Å². The molecule has 5 nitrogen and oxygen atoms in total. The van der Waals surface area contributed by atoms with Crippen LogP contribution in [0.5, 0.6) is 5.88 Å². The fraction of sp³-hybridized carbons (Fsp3) is 0.455. The maximum atomic E-state index is 11.6. The molecule has 0 saturated heterocycles. The van der Waals surface area contributed by atoms with Crippen LogP contribution >= 0.6 is 0 Å². The second-order valence-corrected chi connectivity index (χ2v) is 3.29. The van der Waals surface area contributed by atoms with Crippen LogP contribution in [0.25, 0.3) is 0 Å². The van der Waals surface area contributed by atoms with E-state index in [0.717, 1.165) is 0 Å². The zero-order chi connectivity index (χ0) is 12.0. The highest BCUT2D eigenvalue weighted by atomic mass is 16.5. The summed E-state index contributed by atoms with van der Waals surface area (Å²) < 4.78 is 5.28. The fourth-order valence-electron chi connectivity index (χ4n) is 1.15. The van der Waals surface area contributed by atoms with E-state index in [1.54, 1.807) is 18.3 Å². The molecule has 88 valence electrons.